The molecule has 2 amide bonds. The summed E-state index contributed by atoms with van der Waals surface area (Å²) in [5.74, 6) is 0.326. The maximum absolute atomic E-state index is 12.4. The largest absolute Gasteiger partial charge is 0.345 e. The molecule has 2 aromatic carbocycles. The second-order valence-electron chi connectivity index (χ2n) is 7.53. The fourth-order valence-electron chi connectivity index (χ4n) is 3.14. The number of allylic oxidation sites excluding steroid dienone is 1. The molecular weight excluding hydrogens is 470 g/mol. The Bertz CT molecular complexity index is 1220. The molecule has 0 saturated heterocycles. The first-order valence-electron chi connectivity index (χ1n) is 10.6. The molecule has 1 aromatic heterocycles. The number of nitrogens with one attached hydrogen (secondary N) is 2. The maximum Gasteiger partial charge on any atom is 0.244 e. The Labute approximate surface area is 208 Å². The molecule has 0 aliphatic rings. The van der Waals surface area contributed by atoms with Gasteiger partial charge in [0.05, 0.1) is 12.3 Å². The van der Waals surface area contributed by atoms with Crippen LogP contribution in [0.5, 0.6) is 0 Å². The lowest BCUT2D eigenvalue weighted by molar-refractivity contribution is -0.116. The van der Waals surface area contributed by atoms with Crippen molar-refractivity contribution in [3.05, 3.63) is 88.7 Å². The Morgan fingerprint density at radius 3 is 2.71 bits per heavy atom. The van der Waals surface area contributed by atoms with Gasteiger partial charge in [0, 0.05) is 23.3 Å². The van der Waals surface area contributed by atoms with Crippen molar-refractivity contribution in [1.82, 2.24) is 20.1 Å². The number of aryl methyl sites for hydroxylation is 2. The predicted molar refractivity (Wildman–Crippen MR) is 138 cm³/mol. The normalized spacial score (nSPS) is 10.9. The molecule has 0 spiro atoms. The Morgan fingerprint density at radius 2 is 1.97 bits per heavy atom. The topological polar surface area (TPSA) is 88.9 Å². The SMILES string of the molecule is C=CCn1c(CNC(=O)/C=C/c2ccccc2Cl)nnc1SCC(=O)Nc1ccc(C)cc1C. The van der Waals surface area contributed by atoms with E-state index in [1.807, 2.05) is 54.8 Å². The van der Waals surface area contributed by atoms with Gasteiger partial charge in [0.1, 0.15) is 0 Å². The lowest BCUT2D eigenvalue weighted by atomic mass is 10.1. The zero-order chi connectivity index (χ0) is 24.5. The summed E-state index contributed by atoms with van der Waals surface area (Å²) in [6.07, 6.45) is 4.79. The first-order chi connectivity index (χ1) is 16.4. The molecule has 0 radical (unpaired) electrons. The van der Waals surface area contributed by atoms with E-state index in [1.165, 1.54) is 17.8 Å². The molecular formula is C25H26ClN5O2S. The van der Waals surface area contributed by atoms with Crippen LogP contribution >= 0.6 is 23.4 Å². The van der Waals surface area contributed by atoms with Gasteiger partial charge >= 0.3 is 0 Å². The van der Waals surface area contributed by atoms with Gasteiger partial charge in [0.2, 0.25) is 11.8 Å². The van der Waals surface area contributed by atoms with Crippen molar-refractivity contribution in [2.45, 2.75) is 32.1 Å². The second kappa shape index (κ2) is 12.2. The van der Waals surface area contributed by atoms with Crippen molar-refractivity contribution in [2.24, 2.45) is 0 Å². The Morgan fingerprint density at radius 1 is 1.18 bits per heavy atom. The van der Waals surface area contributed by atoms with Gasteiger partial charge in [-0.2, -0.15) is 0 Å². The average molecular weight is 496 g/mol. The zero-order valence-electron chi connectivity index (χ0n) is 19.0. The molecule has 0 atom stereocenters. The fourth-order valence-corrected chi connectivity index (χ4v) is 4.11. The molecule has 0 bridgehead atoms. The summed E-state index contributed by atoms with van der Waals surface area (Å²) < 4.78 is 1.82. The summed E-state index contributed by atoms with van der Waals surface area (Å²) in [7, 11) is 0. The van der Waals surface area contributed by atoms with Crippen molar-refractivity contribution < 1.29 is 9.59 Å². The molecule has 3 aromatic rings. The van der Waals surface area contributed by atoms with Gasteiger partial charge in [-0.05, 0) is 43.2 Å². The third-order valence-corrected chi connectivity index (χ3v) is 6.14. The lowest BCUT2D eigenvalue weighted by Crippen LogP contribution is -2.23. The number of nitrogens with zero attached hydrogens (tertiary/aromatic N) is 3. The van der Waals surface area contributed by atoms with Crippen LogP contribution in [0.1, 0.15) is 22.5 Å². The van der Waals surface area contributed by atoms with E-state index >= 15 is 0 Å². The monoisotopic (exact) mass is 495 g/mol. The van der Waals surface area contributed by atoms with Crippen molar-refractivity contribution >= 4 is 46.9 Å². The molecule has 2 N–H and O–H groups in total. The van der Waals surface area contributed by atoms with Crippen LogP contribution in [0.4, 0.5) is 5.69 Å². The molecule has 3 rings (SSSR count). The lowest BCUT2D eigenvalue weighted by Gasteiger charge is -2.10. The number of carbonyl (C=O) groups is 2. The summed E-state index contributed by atoms with van der Waals surface area (Å²) in [6.45, 7) is 8.38. The van der Waals surface area contributed by atoms with Gasteiger partial charge in [0.15, 0.2) is 11.0 Å². The minimum Gasteiger partial charge on any atom is -0.345 e. The van der Waals surface area contributed by atoms with Crippen LogP contribution in [0, 0.1) is 13.8 Å². The third-order valence-electron chi connectivity index (χ3n) is 4.83. The van der Waals surface area contributed by atoms with Gasteiger partial charge in [-0.25, -0.2) is 0 Å². The minimum absolute atomic E-state index is 0.135. The maximum atomic E-state index is 12.4. The number of anilines is 1. The zero-order valence-corrected chi connectivity index (χ0v) is 20.6. The van der Waals surface area contributed by atoms with Crippen molar-refractivity contribution in [2.75, 3.05) is 11.1 Å². The van der Waals surface area contributed by atoms with E-state index in [0.29, 0.717) is 22.5 Å². The highest BCUT2D eigenvalue weighted by molar-refractivity contribution is 7.99. The number of thioether (sulfide) groups is 1. The van der Waals surface area contributed by atoms with Crippen LogP contribution in [0.3, 0.4) is 0 Å². The quantitative estimate of drug-likeness (QED) is 0.240. The van der Waals surface area contributed by atoms with Crippen molar-refractivity contribution in [3.8, 4) is 0 Å². The number of amides is 2. The summed E-state index contributed by atoms with van der Waals surface area (Å²) in [5.41, 5.74) is 3.69. The van der Waals surface area contributed by atoms with Gasteiger partial charge in [-0.3, -0.25) is 9.59 Å². The number of rotatable bonds is 10. The van der Waals surface area contributed by atoms with Crippen LogP contribution in [0.15, 0.2) is 66.4 Å². The van der Waals surface area contributed by atoms with E-state index < -0.39 is 0 Å². The Balaban J connectivity index is 1.58. The fraction of sp³-hybridized carbons (Fsp3) is 0.200. The first kappa shape index (κ1) is 25.3. The highest BCUT2D eigenvalue weighted by atomic mass is 35.5. The molecule has 1 heterocycles. The summed E-state index contributed by atoms with van der Waals surface area (Å²) >= 11 is 7.38. The van der Waals surface area contributed by atoms with E-state index in [-0.39, 0.29) is 24.1 Å². The van der Waals surface area contributed by atoms with Crippen LogP contribution in [0.2, 0.25) is 5.02 Å². The van der Waals surface area contributed by atoms with Crippen LogP contribution in [-0.2, 0) is 22.7 Å². The Hall–Kier alpha value is -3.36. The number of carbonyl (C=O) groups excluding carboxylic acids is 2. The third kappa shape index (κ3) is 7.07. The molecule has 0 fully saturated rings. The van der Waals surface area contributed by atoms with Crippen molar-refractivity contribution in [1.29, 1.82) is 0 Å². The van der Waals surface area contributed by atoms with Crippen LogP contribution in [-0.4, -0.2) is 32.3 Å². The number of hydrogen-bond donors (Lipinski definition) is 2. The number of benzene rings is 2. The van der Waals surface area contributed by atoms with Gasteiger partial charge < -0.3 is 15.2 Å². The van der Waals surface area contributed by atoms with E-state index in [2.05, 4.69) is 27.4 Å². The highest BCUT2D eigenvalue weighted by Gasteiger charge is 2.14. The summed E-state index contributed by atoms with van der Waals surface area (Å²) in [6, 6.07) is 13.1. The highest BCUT2D eigenvalue weighted by Crippen LogP contribution is 2.20. The van der Waals surface area contributed by atoms with Crippen molar-refractivity contribution in [3.63, 3.8) is 0 Å². The molecule has 0 unspecified atom stereocenters. The molecule has 0 aliphatic carbocycles. The molecule has 7 nitrogen and oxygen atoms in total. The molecule has 0 saturated carbocycles. The smallest absolute Gasteiger partial charge is 0.244 e. The molecule has 176 valence electrons. The first-order valence-corrected chi connectivity index (χ1v) is 12.0. The summed E-state index contributed by atoms with van der Waals surface area (Å²) in [5, 5.41) is 15.2. The van der Waals surface area contributed by atoms with Gasteiger partial charge in [0.25, 0.3) is 0 Å². The average Bonchev–Trinajstić information content (AvgIpc) is 3.19. The van der Waals surface area contributed by atoms with Crippen LogP contribution < -0.4 is 10.6 Å². The second-order valence-corrected chi connectivity index (χ2v) is 8.88. The van der Waals surface area contributed by atoms with E-state index in [4.69, 9.17) is 11.6 Å². The van der Waals surface area contributed by atoms with Crippen LogP contribution in [0.25, 0.3) is 6.08 Å². The number of halogens is 1. The number of hydrogen-bond acceptors (Lipinski definition) is 5. The van der Waals surface area contributed by atoms with E-state index in [0.717, 1.165) is 22.4 Å². The minimum atomic E-state index is -0.282. The predicted octanol–water partition coefficient (Wildman–Crippen LogP) is 4.79. The summed E-state index contributed by atoms with van der Waals surface area (Å²) in [4.78, 5) is 24.7. The molecule has 0 aliphatic heterocycles. The van der Waals surface area contributed by atoms with E-state index in [9.17, 15) is 9.59 Å². The Kier molecular flexibility index (Phi) is 9.07. The van der Waals surface area contributed by atoms with E-state index in [1.54, 1.807) is 18.2 Å². The molecule has 34 heavy (non-hydrogen) atoms. The van der Waals surface area contributed by atoms with Gasteiger partial charge in [-0.1, -0.05) is 65.3 Å². The standard InChI is InChI=1S/C25H26ClN5O2S/c1-4-13-31-22(15-27-23(32)12-10-19-7-5-6-8-20(19)26)29-30-25(31)34-16-24(33)28-21-11-9-17(2)14-18(21)3/h4-12,14H,1,13,15-16H2,2-3H3,(H,27,32)(H,28,33)/b12-10+. The number of aromatic nitrogens is 3. The molecule has 9 heteroatoms. The van der Waals surface area contributed by atoms with Gasteiger partial charge in [-0.15, -0.1) is 16.8 Å².